The van der Waals surface area contributed by atoms with Crippen molar-refractivity contribution in [2.45, 2.75) is 51.2 Å². The minimum Gasteiger partial charge on any atom is -0.352 e. The molecule has 3 N–H and O–H groups in total. The van der Waals surface area contributed by atoms with Crippen LogP contribution in [0.15, 0.2) is 0 Å². The minimum absolute atomic E-state index is 0.000692. The van der Waals surface area contributed by atoms with E-state index in [9.17, 15) is 4.79 Å². The average molecular weight is 213 g/mol. The van der Waals surface area contributed by atoms with Gasteiger partial charge in [-0.25, -0.2) is 0 Å². The van der Waals surface area contributed by atoms with Gasteiger partial charge in [-0.3, -0.25) is 4.79 Å². The van der Waals surface area contributed by atoms with E-state index >= 15 is 0 Å². The second kappa shape index (κ2) is 5.47. The molecule has 2 unspecified atom stereocenters. The van der Waals surface area contributed by atoms with Gasteiger partial charge in [0, 0.05) is 18.6 Å². The fraction of sp³-hybridized carbons (Fsp3) is 0.909. The van der Waals surface area contributed by atoms with E-state index < -0.39 is 0 Å². The van der Waals surface area contributed by atoms with Crippen LogP contribution in [0.25, 0.3) is 0 Å². The second-order valence-corrected chi connectivity index (χ2v) is 4.57. The number of likely N-dealkylation sites (tertiary alicyclic amines) is 1. The molecule has 4 nitrogen and oxygen atoms in total. The van der Waals surface area contributed by atoms with Crippen molar-refractivity contribution in [3.05, 3.63) is 0 Å². The third kappa shape index (κ3) is 3.47. The summed E-state index contributed by atoms with van der Waals surface area (Å²) in [6.07, 6.45) is 2.76. The number of hydrogen-bond acceptors (Lipinski definition) is 3. The largest absolute Gasteiger partial charge is 0.352 e. The molecule has 1 aliphatic rings. The number of rotatable bonds is 3. The summed E-state index contributed by atoms with van der Waals surface area (Å²) in [7, 11) is 2.13. The van der Waals surface area contributed by atoms with Crippen LogP contribution in [0.1, 0.15) is 33.1 Å². The van der Waals surface area contributed by atoms with Gasteiger partial charge >= 0.3 is 0 Å². The van der Waals surface area contributed by atoms with Crippen molar-refractivity contribution in [1.29, 1.82) is 0 Å². The monoisotopic (exact) mass is 213 g/mol. The number of carbonyl (C=O) groups excluding carboxylic acids is 1. The Bertz CT molecular complexity index is 220. The van der Waals surface area contributed by atoms with Crippen LogP contribution < -0.4 is 11.1 Å². The topological polar surface area (TPSA) is 58.4 Å². The first-order chi connectivity index (χ1) is 7.04. The van der Waals surface area contributed by atoms with E-state index in [4.69, 9.17) is 5.73 Å². The quantitative estimate of drug-likeness (QED) is 0.710. The Morgan fingerprint density at radius 3 is 2.87 bits per heavy atom. The summed E-state index contributed by atoms with van der Waals surface area (Å²) in [6, 6.07) is 0.503. The van der Waals surface area contributed by atoms with Gasteiger partial charge in [-0.15, -0.1) is 0 Å². The molecule has 15 heavy (non-hydrogen) atoms. The Morgan fingerprint density at radius 2 is 2.33 bits per heavy atom. The van der Waals surface area contributed by atoms with Crippen LogP contribution in [0, 0.1) is 0 Å². The van der Waals surface area contributed by atoms with Crippen LogP contribution in [0.3, 0.4) is 0 Å². The first kappa shape index (κ1) is 12.5. The highest BCUT2D eigenvalue weighted by atomic mass is 16.2. The molecule has 1 heterocycles. The predicted molar refractivity (Wildman–Crippen MR) is 61.5 cm³/mol. The molecule has 3 atom stereocenters. The maximum atomic E-state index is 11.6. The number of amides is 1. The van der Waals surface area contributed by atoms with Crippen LogP contribution in [0.4, 0.5) is 0 Å². The summed E-state index contributed by atoms with van der Waals surface area (Å²) in [5.74, 6) is -0.000692. The molecule has 4 heteroatoms. The first-order valence-corrected chi connectivity index (χ1v) is 5.80. The van der Waals surface area contributed by atoms with Crippen LogP contribution >= 0.6 is 0 Å². The zero-order chi connectivity index (χ0) is 11.4. The lowest BCUT2D eigenvalue weighted by Crippen LogP contribution is -2.51. The van der Waals surface area contributed by atoms with Gasteiger partial charge in [0.15, 0.2) is 0 Å². The van der Waals surface area contributed by atoms with Gasteiger partial charge in [0.1, 0.15) is 0 Å². The van der Waals surface area contributed by atoms with E-state index in [1.165, 1.54) is 0 Å². The molecule has 0 aromatic heterocycles. The lowest BCUT2D eigenvalue weighted by atomic mass is 9.98. The van der Waals surface area contributed by atoms with Gasteiger partial charge in [-0.1, -0.05) is 6.92 Å². The van der Waals surface area contributed by atoms with Crippen LogP contribution in [0.2, 0.25) is 0 Å². The van der Waals surface area contributed by atoms with E-state index in [1.807, 2.05) is 6.92 Å². The van der Waals surface area contributed by atoms with Crippen molar-refractivity contribution in [3.8, 4) is 0 Å². The highest BCUT2D eigenvalue weighted by molar-refractivity contribution is 5.81. The smallest absolute Gasteiger partial charge is 0.237 e. The fourth-order valence-electron chi connectivity index (χ4n) is 1.91. The summed E-state index contributed by atoms with van der Waals surface area (Å²) in [5, 5.41) is 3.03. The molecule has 1 fully saturated rings. The summed E-state index contributed by atoms with van der Waals surface area (Å²) in [4.78, 5) is 13.9. The van der Waals surface area contributed by atoms with Gasteiger partial charge in [0.2, 0.25) is 5.91 Å². The fourth-order valence-corrected chi connectivity index (χ4v) is 1.91. The molecular formula is C11H23N3O. The molecular weight excluding hydrogens is 190 g/mol. The van der Waals surface area contributed by atoms with E-state index in [0.717, 1.165) is 19.4 Å². The maximum absolute atomic E-state index is 11.6. The molecule has 1 rings (SSSR count). The van der Waals surface area contributed by atoms with E-state index in [0.29, 0.717) is 18.5 Å². The third-order valence-electron chi connectivity index (χ3n) is 3.33. The Balaban J connectivity index is 2.36. The molecule has 88 valence electrons. The third-order valence-corrected chi connectivity index (χ3v) is 3.33. The van der Waals surface area contributed by atoms with Crippen molar-refractivity contribution in [3.63, 3.8) is 0 Å². The normalized spacial score (nSPS) is 29.9. The van der Waals surface area contributed by atoms with Gasteiger partial charge < -0.3 is 16.0 Å². The van der Waals surface area contributed by atoms with Crippen LogP contribution in [0.5, 0.6) is 0 Å². The molecule has 1 amide bonds. The van der Waals surface area contributed by atoms with Crippen molar-refractivity contribution in [2.24, 2.45) is 5.73 Å². The number of nitrogens with one attached hydrogen (secondary N) is 1. The molecule has 0 radical (unpaired) electrons. The highest BCUT2D eigenvalue weighted by Gasteiger charge is 2.24. The van der Waals surface area contributed by atoms with Gasteiger partial charge in [0.05, 0.1) is 6.04 Å². The van der Waals surface area contributed by atoms with Crippen LogP contribution in [-0.4, -0.2) is 42.5 Å². The van der Waals surface area contributed by atoms with Crippen molar-refractivity contribution < 1.29 is 4.79 Å². The summed E-state index contributed by atoms with van der Waals surface area (Å²) < 4.78 is 0. The van der Waals surface area contributed by atoms with E-state index in [1.54, 1.807) is 0 Å². The molecule has 0 aliphatic carbocycles. The van der Waals surface area contributed by atoms with Gasteiger partial charge in [-0.2, -0.15) is 0 Å². The number of hydrogen-bond donors (Lipinski definition) is 2. The Hall–Kier alpha value is -0.610. The zero-order valence-electron chi connectivity index (χ0n) is 9.99. The summed E-state index contributed by atoms with van der Waals surface area (Å²) in [5.41, 5.74) is 5.67. The number of piperidine rings is 1. The predicted octanol–water partition coefficient (Wildman–Crippen LogP) is 0.323. The number of carbonyl (C=O) groups is 1. The molecule has 0 bridgehead atoms. The van der Waals surface area contributed by atoms with Crippen molar-refractivity contribution in [1.82, 2.24) is 10.2 Å². The minimum atomic E-state index is -0.347. The van der Waals surface area contributed by atoms with Crippen molar-refractivity contribution >= 4 is 5.91 Å². The molecule has 1 aliphatic heterocycles. The van der Waals surface area contributed by atoms with E-state index in [2.05, 4.69) is 24.2 Å². The zero-order valence-corrected chi connectivity index (χ0v) is 9.99. The number of nitrogens with two attached hydrogens (primary N) is 1. The molecule has 0 spiro atoms. The Kier molecular flexibility index (Phi) is 4.54. The van der Waals surface area contributed by atoms with Crippen molar-refractivity contribution in [2.75, 3.05) is 13.6 Å². The maximum Gasteiger partial charge on any atom is 0.237 e. The summed E-state index contributed by atoms with van der Waals surface area (Å²) in [6.45, 7) is 5.17. The molecule has 1 saturated heterocycles. The molecule has 0 aromatic carbocycles. The SMILES string of the molecule is CC[C@@H](N)C(=O)NC1CCN(C)C(C)C1. The Morgan fingerprint density at radius 1 is 1.67 bits per heavy atom. The lowest BCUT2D eigenvalue weighted by molar-refractivity contribution is -0.123. The highest BCUT2D eigenvalue weighted by Crippen LogP contribution is 2.15. The second-order valence-electron chi connectivity index (χ2n) is 4.57. The number of nitrogens with zero attached hydrogens (tertiary/aromatic N) is 1. The standard InChI is InChI=1S/C11H23N3O/c1-4-10(12)11(15)13-9-5-6-14(3)8(2)7-9/h8-10H,4-7,12H2,1-3H3,(H,13,15)/t8?,9?,10-/m1/s1. The lowest BCUT2D eigenvalue weighted by Gasteiger charge is -2.35. The first-order valence-electron chi connectivity index (χ1n) is 5.80. The van der Waals surface area contributed by atoms with Gasteiger partial charge in [-0.05, 0) is 33.2 Å². The van der Waals surface area contributed by atoms with E-state index in [-0.39, 0.29) is 11.9 Å². The summed E-state index contributed by atoms with van der Waals surface area (Å²) >= 11 is 0. The van der Waals surface area contributed by atoms with Gasteiger partial charge in [0.25, 0.3) is 0 Å². The molecule has 0 saturated carbocycles. The average Bonchev–Trinajstić information content (AvgIpc) is 2.22. The molecule has 0 aromatic rings. The van der Waals surface area contributed by atoms with Crippen LogP contribution in [-0.2, 0) is 4.79 Å². The Labute approximate surface area is 92.2 Å².